The van der Waals surface area contributed by atoms with Gasteiger partial charge in [-0.2, -0.15) is 0 Å². The number of carbonyl (C=O) groups excluding carboxylic acids is 1. The van der Waals surface area contributed by atoms with Crippen LogP contribution in [0.3, 0.4) is 0 Å². The van der Waals surface area contributed by atoms with Gasteiger partial charge in [-0.15, -0.1) is 24.0 Å². The van der Waals surface area contributed by atoms with E-state index in [1.165, 1.54) is 5.56 Å². The monoisotopic (exact) mass is 466 g/mol. The Balaban J connectivity index is 0.00000338. The first kappa shape index (κ1) is 22.0. The first-order valence-corrected chi connectivity index (χ1v) is 8.53. The van der Waals surface area contributed by atoms with E-state index in [9.17, 15) is 4.79 Å². The Morgan fingerprint density at radius 2 is 1.69 bits per heavy atom. The average Bonchev–Trinajstić information content (AvgIpc) is 2.66. The number of aliphatic imine (C=N–C) groups is 1. The van der Waals surface area contributed by atoms with Crippen LogP contribution in [-0.2, 0) is 6.54 Å². The minimum atomic E-state index is -0.0452. The van der Waals surface area contributed by atoms with Crippen molar-refractivity contribution in [2.75, 3.05) is 13.6 Å². The molecule has 0 saturated carbocycles. The third kappa shape index (κ3) is 6.67. The molecule has 1 atom stereocenters. The Bertz CT molecular complexity index is 702. The maximum Gasteiger partial charge on any atom is 0.251 e. The molecule has 26 heavy (non-hydrogen) atoms. The number of halogens is 1. The SMILES string of the molecule is CCNC(=O)c1ccc(CNC(=NC)NC(C)c2ccccc2)cc1.I. The lowest BCUT2D eigenvalue weighted by atomic mass is 10.1. The van der Waals surface area contributed by atoms with E-state index in [1.54, 1.807) is 7.05 Å². The van der Waals surface area contributed by atoms with Gasteiger partial charge >= 0.3 is 0 Å². The van der Waals surface area contributed by atoms with Gasteiger partial charge in [-0.25, -0.2) is 0 Å². The van der Waals surface area contributed by atoms with Crippen molar-refractivity contribution in [1.82, 2.24) is 16.0 Å². The average molecular weight is 466 g/mol. The molecule has 2 aromatic carbocycles. The molecule has 3 N–H and O–H groups in total. The van der Waals surface area contributed by atoms with Crippen LogP contribution in [0.15, 0.2) is 59.6 Å². The van der Waals surface area contributed by atoms with Crippen molar-refractivity contribution in [2.45, 2.75) is 26.4 Å². The summed E-state index contributed by atoms with van der Waals surface area (Å²) in [6, 6.07) is 18.0. The smallest absolute Gasteiger partial charge is 0.251 e. The summed E-state index contributed by atoms with van der Waals surface area (Å²) >= 11 is 0. The summed E-state index contributed by atoms with van der Waals surface area (Å²) in [6.45, 7) is 5.27. The highest BCUT2D eigenvalue weighted by Gasteiger charge is 2.07. The van der Waals surface area contributed by atoms with Gasteiger partial charge < -0.3 is 16.0 Å². The summed E-state index contributed by atoms with van der Waals surface area (Å²) in [6.07, 6.45) is 0. The molecule has 0 radical (unpaired) electrons. The van der Waals surface area contributed by atoms with Gasteiger partial charge in [-0.05, 0) is 37.1 Å². The summed E-state index contributed by atoms with van der Waals surface area (Å²) < 4.78 is 0. The number of carbonyl (C=O) groups is 1. The number of guanidine groups is 1. The fourth-order valence-electron chi connectivity index (χ4n) is 2.45. The molecule has 0 fully saturated rings. The Kier molecular flexibility index (Phi) is 9.72. The number of benzene rings is 2. The summed E-state index contributed by atoms with van der Waals surface area (Å²) in [5.41, 5.74) is 2.96. The van der Waals surface area contributed by atoms with E-state index in [4.69, 9.17) is 0 Å². The predicted molar refractivity (Wildman–Crippen MR) is 118 cm³/mol. The van der Waals surface area contributed by atoms with Gasteiger partial charge in [0.15, 0.2) is 5.96 Å². The van der Waals surface area contributed by atoms with E-state index in [2.05, 4.69) is 40.0 Å². The van der Waals surface area contributed by atoms with Gasteiger partial charge in [0.05, 0.1) is 6.04 Å². The third-order valence-electron chi connectivity index (χ3n) is 3.89. The summed E-state index contributed by atoms with van der Waals surface area (Å²) in [4.78, 5) is 16.0. The van der Waals surface area contributed by atoms with E-state index in [0.717, 1.165) is 11.5 Å². The second-order valence-electron chi connectivity index (χ2n) is 5.76. The Hall–Kier alpha value is -2.09. The molecular weight excluding hydrogens is 439 g/mol. The number of hydrogen-bond donors (Lipinski definition) is 3. The zero-order valence-corrected chi connectivity index (χ0v) is 17.8. The molecule has 1 amide bonds. The second kappa shape index (κ2) is 11.5. The fraction of sp³-hybridized carbons (Fsp3) is 0.300. The van der Waals surface area contributed by atoms with Crippen LogP contribution in [-0.4, -0.2) is 25.5 Å². The number of nitrogens with one attached hydrogen (secondary N) is 3. The summed E-state index contributed by atoms with van der Waals surface area (Å²) in [5.74, 6) is 0.695. The highest BCUT2D eigenvalue weighted by Crippen LogP contribution is 2.11. The van der Waals surface area contributed by atoms with Crippen LogP contribution in [0.4, 0.5) is 0 Å². The standard InChI is InChI=1S/C20H26N4O.HI/c1-4-22-19(25)18-12-10-16(11-13-18)14-23-20(21-3)24-15(2)17-8-6-5-7-9-17;/h5-13,15H,4,14H2,1-3H3,(H,22,25)(H2,21,23,24);1H. The third-order valence-corrected chi connectivity index (χ3v) is 3.89. The van der Waals surface area contributed by atoms with Crippen LogP contribution in [0.5, 0.6) is 0 Å². The van der Waals surface area contributed by atoms with Gasteiger partial charge in [0.1, 0.15) is 0 Å². The molecule has 0 aliphatic rings. The number of amides is 1. The lowest BCUT2D eigenvalue weighted by Crippen LogP contribution is -2.38. The van der Waals surface area contributed by atoms with E-state index >= 15 is 0 Å². The quantitative estimate of drug-likeness (QED) is 0.347. The molecule has 0 heterocycles. The molecule has 2 rings (SSSR count). The van der Waals surface area contributed by atoms with E-state index < -0.39 is 0 Å². The van der Waals surface area contributed by atoms with Crippen molar-refractivity contribution < 1.29 is 4.79 Å². The highest BCUT2D eigenvalue weighted by atomic mass is 127. The number of hydrogen-bond acceptors (Lipinski definition) is 2. The molecule has 0 aliphatic carbocycles. The first-order valence-electron chi connectivity index (χ1n) is 8.53. The normalized spacial score (nSPS) is 11.9. The number of nitrogens with zero attached hydrogens (tertiary/aromatic N) is 1. The van der Waals surface area contributed by atoms with E-state index in [-0.39, 0.29) is 35.9 Å². The van der Waals surface area contributed by atoms with Crippen molar-refractivity contribution in [3.8, 4) is 0 Å². The largest absolute Gasteiger partial charge is 0.352 e. The minimum absolute atomic E-state index is 0. The predicted octanol–water partition coefficient (Wildman–Crippen LogP) is 3.48. The molecule has 0 aromatic heterocycles. The Labute approximate surface area is 172 Å². The molecule has 1 unspecified atom stereocenters. The minimum Gasteiger partial charge on any atom is -0.352 e. The van der Waals surface area contributed by atoms with Crippen LogP contribution in [0, 0.1) is 0 Å². The van der Waals surface area contributed by atoms with E-state index in [1.807, 2.05) is 49.4 Å². The summed E-state index contributed by atoms with van der Waals surface area (Å²) in [7, 11) is 1.76. The zero-order valence-electron chi connectivity index (χ0n) is 15.5. The second-order valence-corrected chi connectivity index (χ2v) is 5.76. The topological polar surface area (TPSA) is 65.5 Å². The summed E-state index contributed by atoms with van der Waals surface area (Å²) in [5, 5.41) is 9.47. The molecule has 0 bridgehead atoms. The first-order chi connectivity index (χ1) is 12.1. The molecule has 6 heteroatoms. The van der Waals surface area contributed by atoms with Crippen LogP contribution in [0.2, 0.25) is 0 Å². The van der Waals surface area contributed by atoms with Crippen LogP contribution >= 0.6 is 24.0 Å². The molecule has 0 aliphatic heterocycles. The van der Waals surface area contributed by atoms with Crippen molar-refractivity contribution in [2.24, 2.45) is 4.99 Å². The van der Waals surface area contributed by atoms with Crippen LogP contribution in [0.25, 0.3) is 0 Å². The van der Waals surface area contributed by atoms with Crippen molar-refractivity contribution in [3.05, 3.63) is 71.3 Å². The molecule has 0 saturated heterocycles. The molecule has 140 valence electrons. The lowest BCUT2D eigenvalue weighted by Gasteiger charge is -2.18. The fourth-order valence-corrected chi connectivity index (χ4v) is 2.45. The maximum absolute atomic E-state index is 11.8. The zero-order chi connectivity index (χ0) is 18.1. The van der Waals surface area contributed by atoms with Crippen LogP contribution < -0.4 is 16.0 Å². The number of rotatable bonds is 6. The van der Waals surface area contributed by atoms with Crippen LogP contribution in [0.1, 0.15) is 41.4 Å². The Morgan fingerprint density at radius 1 is 1.04 bits per heavy atom. The van der Waals surface area contributed by atoms with Gasteiger partial charge in [-0.1, -0.05) is 42.5 Å². The molecule has 2 aromatic rings. The molecular formula is C20H27IN4O. The van der Waals surface area contributed by atoms with Gasteiger partial charge in [-0.3, -0.25) is 9.79 Å². The van der Waals surface area contributed by atoms with Gasteiger partial charge in [0.25, 0.3) is 5.91 Å². The highest BCUT2D eigenvalue weighted by molar-refractivity contribution is 14.0. The lowest BCUT2D eigenvalue weighted by molar-refractivity contribution is 0.0956. The molecule has 5 nitrogen and oxygen atoms in total. The molecule has 0 spiro atoms. The van der Waals surface area contributed by atoms with E-state index in [0.29, 0.717) is 18.7 Å². The Morgan fingerprint density at radius 3 is 2.27 bits per heavy atom. The van der Waals surface area contributed by atoms with Crippen molar-refractivity contribution in [3.63, 3.8) is 0 Å². The maximum atomic E-state index is 11.8. The van der Waals surface area contributed by atoms with Gasteiger partial charge in [0, 0.05) is 25.7 Å². The van der Waals surface area contributed by atoms with Gasteiger partial charge in [0.2, 0.25) is 0 Å². The van der Waals surface area contributed by atoms with Crippen molar-refractivity contribution in [1.29, 1.82) is 0 Å². The van der Waals surface area contributed by atoms with Crippen molar-refractivity contribution >= 4 is 35.8 Å².